The van der Waals surface area contributed by atoms with Crippen LogP contribution >= 0.6 is 0 Å². The van der Waals surface area contributed by atoms with E-state index in [2.05, 4.69) is 12.1 Å². The molecule has 0 saturated carbocycles. The molecule has 0 N–H and O–H groups in total. The third-order valence-electron chi connectivity index (χ3n) is 3.31. The van der Waals surface area contributed by atoms with Crippen LogP contribution in [0.1, 0.15) is 32.1 Å². The average Bonchev–Trinajstić information content (AvgIpc) is 2.46. The molecule has 0 saturated heterocycles. The Morgan fingerprint density at radius 1 is 0.850 bits per heavy atom. The van der Waals surface area contributed by atoms with Gasteiger partial charge >= 0.3 is 0 Å². The summed E-state index contributed by atoms with van der Waals surface area (Å²) in [5.41, 5.74) is 0. The van der Waals surface area contributed by atoms with Crippen molar-refractivity contribution in [2.24, 2.45) is 0 Å². The maximum absolute atomic E-state index is 11.9. The van der Waals surface area contributed by atoms with Crippen molar-refractivity contribution in [3.8, 4) is 5.75 Å². The minimum atomic E-state index is -2.16. The number of ether oxygens (including phenoxy) is 1. The second-order valence-corrected chi connectivity index (χ2v) is 4.95. The van der Waals surface area contributed by atoms with Gasteiger partial charge in [-0.1, -0.05) is 43.2 Å². The predicted octanol–water partition coefficient (Wildman–Crippen LogP) is 5.43. The molecule has 0 aromatic heterocycles. The molecule has 0 aliphatic rings. The molecule has 2 aromatic rings. The van der Waals surface area contributed by atoms with Crippen LogP contribution in [0.4, 0.5) is 8.78 Å². The molecule has 2 rings (SSSR count). The molecular weight excluding hydrogens is 258 g/mol. The number of unbranched alkanes of at least 4 members (excludes halogenated alkanes) is 3. The summed E-state index contributed by atoms with van der Waals surface area (Å²) < 4.78 is 29.6. The third kappa shape index (κ3) is 4.80. The van der Waals surface area contributed by atoms with Crippen LogP contribution in [0.3, 0.4) is 0 Å². The maximum Gasteiger partial charge on any atom is 0.238 e. The molecule has 1 nitrogen and oxygen atoms in total. The average molecular weight is 278 g/mol. The molecule has 0 aliphatic carbocycles. The first-order chi connectivity index (χ1) is 9.75. The summed E-state index contributed by atoms with van der Waals surface area (Å²) in [6.45, 7) is 0.646. The van der Waals surface area contributed by atoms with Gasteiger partial charge in [0.05, 0.1) is 6.61 Å². The van der Waals surface area contributed by atoms with Gasteiger partial charge in [-0.25, -0.2) is 8.78 Å². The first-order valence-corrected chi connectivity index (χ1v) is 7.15. The van der Waals surface area contributed by atoms with Gasteiger partial charge in [0, 0.05) is 6.42 Å². The first-order valence-electron chi connectivity index (χ1n) is 7.15. The monoisotopic (exact) mass is 278 g/mol. The summed E-state index contributed by atoms with van der Waals surface area (Å²) in [5.74, 6) is 0.872. The van der Waals surface area contributed by atoms with E-state index in [9.17, 15) is 8.78 Å². The summed E-state index contributed by atoms with van der Waals surface area (Å²) >= 11 is 0. The fourth-order valence-corrected chi connectivity index (χ4v) is 2.20. The molecule has 0 unspecified atom stereocenters. The molecule has 0 spiro atoms. The number of hydrogen-bond acceptors (Lipinski definition) is 1. The van der Waals surface area contributed by atoms with Gasteiger partial charge < -0.3 is 4.74 Å². The molecule has 0 heterocycles. The SMILES string of the molecule is FC(F)CCCCCCOc1ccc2ccccc2c1. The zero-order valence-electron chi connectivity index (χ0n) is 11.5. The number of halogens is 2. The standard InChI is InChI=1S/C17H20F2O/c18-17(19)9-3-1-2-6-12-20-16-11-10-14-7-4-5-8-15(14)13-16/h4-5,7-8,10-11,13,17H,1-3,6,9,12H2. The summed E-state index contributed by atoms with van der Waals surface area (Å²) in [4.78, 5) is 0. The minimum absolute atomic E-state index is 0.0194. The van der Waals surface area contributed by atoms with Crippen LogP contribution in [0.2, 0.25) is 0 Å². The highest BCUT2D eigenvalue weighted by Crippen LogP contribution is 2.20. The number of benzene rings is 2. The number of fused-ring (bicyclic) bond motifs is 1. The fraction of sp³-hybridized carbons (Fsp3) is 0.412. The van der Waals surface area contributed by atoms with Crippen molar-refractivity contribution in [3.05, 3.63) is 42.5 Å². The zero-order valence-corrected chi connectivity index (χ0v) is 11.5. The van der Waals surface area contributed by atoms with Crippen LogP contribution in [-0.2, 0) is 0 Å². The molecule has 0 radical (unpaired) electrons. The molecule has 3 heteroatoms. The van der Waals surface area contributed by atoms with E-state index in [-0.39, 0.29) is 6.42 Å². The Hall–Kier alpha value is -1.64. The summed E-state index contributed by atoms with van der Waals surface area (Å²) in [6.07, 6.45) is 1.17. The van der Waals surface area contributed by atoms with E-state index in [0.29, 0.717) is 13.0 Å². The Balaban J connectivity index is 1.68. The van der Waals surface area contributed by atoms with Crippen molar-refractivity contribution in [1.82, 2.24) is 0 Å². The summed E-state index contributed by atoms with van der Waals surface area (Å²) in [6, 6.07) is 14.2. The fourth-order valence-electron chi connectivity index (χ4n) is 2.20. The topological polar surface area (TPSA) is 9.23 Å². The van der Waals surface area contributed by atoms with E-state index in [4.69, 9.17) is 4.74 Å². The second kappa shape index (κ2) is 7.83. The van der Waals surface area contributed by atoms with Gasteiger partial charge in [0.2, 0.25) is 6.43 Å². The molecule has 0 bridgehead atoms. The van der Waals surface area contributed by atoms with Crippen LogP contribution in [0, 0.1) is 0 Å². The number of hydrogen-bond donors (Lipinski definition) is 0. The van der Waals surface area contributed by atoms with Crippen molar-refractivity contribution < 1.29 is 13.5 Å². The van der Waals surface area contributed by atoms with Gasteiger partial charge in [-0.2, -0.15) is 0 Å². The summed E-state index contributed by atoms with van der Waals surface area (Å²) in [5, 5.41) is 2.37. The molecule has 0 fully saturated rings. The summed E-state index contributed by atoms with van der Waals surface area (Å²) in [7, 11) is 0. The van der Waals surface area contributed by atoms with E-state index in [1.165, 1.54) is 10.8 Å². The van der Waals surface area contributed by atoms with Crippen LogP contribution in [0.5, 0.6) is 5.75 Å². The van der Waals surface area contributed by atoms with Gasteiger partial charge in [-0.15, -0.1) is 0 Å². The molecular formula is C17H20F2O. The molecule has 108 valence electrons. The maximum atomic E-state index is 11.9. The highest BCUT2D eigenvalue weighted by Gasteiger charge is 2.01. The first kappa shape index (κ1) is 14.8. The third-order valence-corrected chi connectivity index (χ3v) is 3.31. The van der Waals surface area contributed by atoms with Gasteiger partial charge in [-0.3, -0.25) is 0 Å². The Morgan fingerprint density at radius 3 is 2.40 bits per heavy atom. The lowest BCUT2D eigenvalue weighted by Crippen LogP contribution is -1.97. The lowest BCUT2D eigenvalue weighted by molar-refractivity contribution is 0.133. The molecule has 0 aliphatic heterocycles. The number of alkyl halides is 2. The van der Waals surface area contributed by atoms with Crippen molar-refractivity contribution in [1.29, 1.82) is 0 Å². The minimum Gasteiger partial charge on any atom is -0.494 e. The van der Waals surface area contributed by atoms with Gasteiger partial charge in [0.1, 0.15) is 5.75 Å². The Morgan fingerprint density at radius 2 is 1.60 bits per heavy atom. The van der Waals surface area contributed by atoms with E-state index in [1.807, 2.05) is 30.3 Å². The lowest BCUT2D eigenvalue weighted by Gasteiger charge is -2.07. The van der Waals surface area contributed by atoms with Crippen molar-refractivity contribution in [2.75, 3.05) is 6.61 Å². The molecule has 2 aromatic carbocycles. The van der Waals surface area contributed by atoms with Gasteiger partial charge in [-0.05, 0) is 35.7 Å². The van der Waals surface area contributed by atoms with E-state index >= 15 is 0 Å². The van der Waals surface area contributed by atoms with Crippen LogP contribution in [-0.4, -0.2) is 13.0 Å². The van der Waals surface area contributed by atoms with Crippen LogP contribution in [0.25, 0.3) is 10.8 Å². The zero-order chi connectivity index (χ0) is 14.2. The normalized spacial score (nSPS) is 11.2. The van der Waals surface area contributed by atoms with Crippen LogP contribution in [0.15, 0.2) is 42.5 Å². The molecule has 20 heavy (non-hydrogen) atoms. The number of rotatable bonds is 8. The predicted molar refractivity (Wildman–Crippen MR) is 78.5 cm³/mol. The lowest BCUT2D eigenvalue weighted by atomic mass is 10.1. The smallest absolute Gasteiger partial charge is 0.238 e. The molecule has 0 atom stereocenters. The van der Waals surface area contributed by atoms with Crippen molar-refractivity contribution >= 4 is 10.8 Å². The Labute approximate surface area is 118 Å². The largest absolute Gasteiger partial charge is 0.494 e. The molecule has 0 amide bonds. The quantitative estimate of drug-likeness (QED) is 0.585. The Bertz CT molecular complexity index is 525. The second-order valence-electron chi connectivity index (χ2n) is 4.95. The highest BCUT2D eigenvalue weighted by molar-refractivity contribution is 5.83. The van der Waals surface area contributed by atoms with Crippen molar-refractivity contribution in [2.45, 2.75) is 38.5 Å². The Kier molecular flexibility index (Phi) is 5.78. The van der Waals surface area contributed by atoms with Crippen LogP contribution < -0.4 is 4.74 Å². The van der Waals surface area contributed by atoms with E-state index in [1.54, 1.807) is 0 Å². The van der Waals surface area contributed by atoms with E-state index < -0.39 is 6.43 Å². The highest BCUT2D eigenvalue weighted by atomic mass is 19.3. The van der Waals surface area contributed by atoms with Gasteiger partial charge in [0.25, 0.3) is 0 Å². The van der Waals surface area contributed by atoms with Gasteiger partial charge in [0.15, 0.2) is 0 Å². The van der Waals surface area contributed by atoms with Crippen molar-refractivity contribution in [3.63, 3.8) is 0 Å². The van der Waals surface area contributed by atoms with E-state index in [0.717, 1.165) is 25.0 Å².